The number of carbonyl (C=O) groups excluding carboxylic acids is 2. The monoisotopic (exact) mass is 295 g/mol. The molecule has 0 unspecified atom stereocenters. The average molecular weight is 295 g/mol. The van der Waals surface area contributed by atoms with Crippen LogP contribution in [0.4, 0.5) is 0 Å². The van der Waals surface area contributed by atoms with Crippen LogP contribution in [-0.4, -0.2) is 27.8 Å². The minimum Gasteiger partial charge on any atom is -0.478 e. The molecule has 110 valence electrons. The largest absolute Gasteiger partial charge is 0.478 e. The molecule has 0 aromatic heterocycles. The van der Waals surface area contributed by atoms with E-state index in [1.807, 2.05) is 6.92 Å². The standard InChI is InChI=1S/C17H13NO4/c1-10-6-7-11(17(21)22)8-12(10)9-18-15(19)13-4-2-3-5-14(13)16(18)20/h2-8H,9H2,1H3,(H,21,22). The number of aryl methyl sites for hydroxylation is 1. The Balaban J connectivity index is 1.95. The summed E-state index contributed by atoms with van der Waals surface area (Å²) in [6, 6.07) is 11.3. The lowest BCUT2D eigenvalue weighted by molar-refractivity contribution is 0.0641. The van der Waals surface area contributed by atoms with E-state index in [2.05, 4.69) is 0 Å². The summed E-state index contributed by atoms with van der Waals surface area (Å²) in [5, 5.41) is 9.06. The van der Waals surface area contributed by atoms with Gasteiger partial charge in [-0.3, -0.25) is 14.5 Å². The van der Waals surface area contributed by atoms with E-state index in [9.17, 15) is 14.4 Å². The predicted molar refractivity (Wildman–Crippen MR) is 78.8 cm³/mol. The van der Waals surface area contributed by atoms with Gasteiger partial charge in [0.25, 0.3) is 11.8 Å². The van der Waals surface area contributed by atoms with Crippen LogP contribution in [0.2, 0.25) is 0 Å². The Hall–Kier alpha value is -2.95. The van der Waals surface area contributed by atoms with Crippen LogP contribution in [-0.2, 0) is 6.54 Å². The van der Waals surface area contributed by atoms with E-state index in [0.29, 0.717) is 16.7 Å². The molecule has 0 saturated heterocycles. The fourth-order valence-corrected chi connectivity index (χ4v) is 2.53. The second kappa shape index (κ2) is 5.11. The summed E-state index contributed by atoms with van der Waals surface area (Å²) in [7, 11) is 0. The van der Waals surface area contributed by atoms with Crippen molar-refractivity contribution in [3.63, 3.8) is 0 Å². The molecule has 3 rings (SSSR count). The Bertz CT molecular complexity index is 775. The molecule has 2 amide bonds. The molecule has 1 N–H and O–H groups in total. The zero-order chi connectivity index (χ0) is 15.9. The topological polar surface area (TPSA) is 74.7 Å². The molecule has 22 heavy (non-hydrogen) atoms. The first-order valence-electron chi connectivity index (χ1n) is 6.77. The molecule has 0 bridgehead atoms. The number of carboxylic acids is 1. The predicted octanol–water partition coefficient (Wildman–Crippen LogP) is 2.49. The van der Waals surface area contributed by atoms with Crippen LogP contribution >= 0.6 is 0 Å². The Kier molecular flexibility index (Phi) is 3.25. The number of amides is 2. The van der Waals surface area contributed by atoms with Gasteiger partial charge in [0, 0.05) is 0 Å². The molecule has 0 saturated carbocycles. The van der Waals surface area contributed by atoms with Crippen LogP contribution < -0.4 is 0 Å². The Morgan fingerprint density at radius 3 is 2.18 bits per heavy atom. The maximum absolute atomic E-state index is 12.3. The molecule has 1 aliphatic rings. The lowest BCUT2D eigenvalue weighted by Crippen LogP contribution is -2.29. The van der Waals surface area contributed by atoms with Gasteiger partial charge in [-0.15, -0.1) is 0 Å². The number of rotatable bonds is 3. The molecule has 5 nitrogen and oxygen atoms in total. The number of carboxylic acid groups (broad SMARTS) is 1. The molecule has 0 atom stereocenters. The maximum Gasteiger partial charge on any atom is 0.335 e. The zero-order valence-corrected chi connectivity index (χ0v) is 11.9. The van der Waals surface area contributed by atoms with Gasteiger partial charge < -0.3 is 5.11 Å². The SMILES string of the molecule is Cc1ccc(C(=O)O)cc1CN1C(=O)c2ccccc2C1=O. The van der Waals surface area contributed by atoms with Crippen molar-refractivity contribution in [3.8, 4) is 0 Å². The van der Waals surface area contributed by atoms with Crippen molar-refractivity contribution in [3.05, 3.63) is 70.3 Å². The van der Waals surface area contributed by atoms with Crippen LogP contribution in [0.15, 0.2) is 42.5 Å². The van der Waals surface area contributed by atoms with Crippen molar-refractivity contribution in [2.45, 2.75) is 13.5 Å². The van der Waals surface area contributed by atoms with Crippen molar-refractivity contribution >= 4 is 17.8 Å². The van der Waals surface area contributed by atoms with E-state index in [4.69, 9.17) is 5.11 Å². The van der Waals surface area contributed by atoms with Gasteiger partial charge in [0.05, 0.1) is 23.2 Å². The summed E-state index contributed by atoms with van der Waals surface area (Å²) in [4.78, 5) is 36.9. The quantitative estimate of drug-likeness (QED) is 0.883. The molecular formula is C17H13NO4. The van der Waals surface area contributed by atoms with Gasteiger partial charge in [-0.25, -0.2) is 4.79 Å². The van der Waals surface area contributed by atoms with Gasteiger partial charge in [-0.1, -0.05) is 18.2 Å². The first-order valence-corrected chi connectivity index (χ1v) is 6.77. The van der Waals surface area contributed by atoms with Crippen molar-refractivity contribution in [1.29, 1.82) is 0 Å². The molecule has 2 aromatic rings. The van der Waals surface area contributed by atoms with Crippen LogP contribution in [0.5, 0.6) is 0 Å². The molecule has 0 spiro atoms. The van der Waals surface area contributed by atoms with E-state index < -0.39 is 5.97 Å². The Labute approximate surface area is 126 Å². The maximum atomic E-state index is 12.3. The number of aromatic carboxylic acids is 1. The number of hydrogen-bond donors (Lipinski definition) is 1. The van der Waals surface area contributed by atoms with E-state index in [0.717, 1.165) is 10.5 Å². The highest BCUT2D eigenvalue weighted by Gasteiger charge is 2.35. The molecule has 2 aromatic carbocycles. The smallest absolute Gasteiger partial charge is 0.335 e. The highest BCUT2D eigenvalue weighted by molar-refractivity contribution is 6.21. The summed E-state index contributed by atoms with van der Waals surface area (Å²) in [6.45, 7) is 1.89. The summed E-state index contributed by atoms with van der Waals surface area (Å²) >= 11 is 0. The average Bonchev–Trinajstić information content (AvgIpc) is 2.74. The summed E-state index contributed by atoms with van der Waals surface area (Å²) < 4.78 is 0. The molecule has 1 heterocycles. The first-order chi connectivity index (χ1) is 10.5. The fraction of sp³-hybridized carbons (Fsp3) is 0.118. The number of imide groups is 1. The third-order valence-corrected chi connectivity index (χ3v) is 3.80. The fourth-order valence-electron chi connectivity index (χ4n) is 2.53. The van der Waals surface area contributed by atoms with Gasteiger partial charge in [-0.05, 0) is 42.3 Å². The van der Waals surface area contributed by atoms with E-state index in [-0.39, 0.29) is 23.9 Å². The lowest BCUT2D eigenvalue weighted by Gasteiger charge is -2.16. The highest BCUT2D eigenvalue weighted by atomic mass is 16.4. The van der Waals surface area contributed by atoms with Crippen LogP contribution in [0.3, 0.4) is 0 Å². The van der Waals surface area contributed by atoms with Crippen LogP contribution in [0, 0.1) is 6.92 Å². The van der Waals surface area contributed by atoms with Gasteiger partial charge in [0.2, 0.25) is 0 Å². The Morgan fingerprint density at radius 1 is 1.05 bits per heavy atom. The van der Waals surface area contributed by atoms with Gasteiger partial charge in [0.1, 0.15) is 0 Å². The van der Waals surface area contributed by atoms with Gasteiger partial charge in [0.15, 0.2) is 0 Å². The number of benzene rings is 2. The second-order valence-electron chi connectivity index (χ2n) is 5.19. The third kappa shape index (κ3) is 2.16. The highest BCUT2D eigenvalue weighted by Crippen LogP contribution is 2.25. The van der Waals surface area contributed by atoms with E-state index >= 15 is 0 Å². The molecule has 1 aliphatic heterocycles. The minimum atomic E-state index is -1.04. The van der Waals surface area contributed by atoms with Crippen molar-refractivity contribution in [2.24, 2.45) is 0 Å². The van der Waals surface area contributed by atoms with Gasteiger partial charge in [-0.2, -0.15) is 0 Å². The summed E-state index contributed by atoms with van der Waals surface area (Å²) in [5.41, 5.74) is 2.40. The first kappa shape index (κ1) is 14.0. The zero-order valence-electron chi connectivity index (χ0n) is 11.9. The number of carbonyl (C=O) groups is 3. The number of nitrogens with zero attached hydrogens (tertiary/aromatic N) is 1. The molecule has 0 fully saturated rings. The van der Waals surface area contributed by atoms with E-state index in [1.165, 1.54) is 12.1 Å². The molecule has 0 aliphatic carbocycles. The summed E-state index contributed by atoms with van der Waals surface area (Å²) in [5.74, 6) is -1.73. The van der Waals surface area contributed by atoms with Crippen molar-refractivity contribution in [2.75, 3.05) is 0 Å². The van der Waals surface area contributed by atoms with Crippen LogP contribution in [0.25, 0.3) is 0 Å². The molecule has 0 radical (unpaired) electrons. The number of fused-ring (bicyclic) bond motifs is 1. The third-order valence-electron chi connectivity index (χ3n) is 3.80. The molecular weight excluding hydrogens is 282 g/mol. The number of hydrogen-bond acceptors (Lipinski definition) is 3. The van der Waals surface area contributed by atoms with Crippen LogP contribution in [0.1, 0.15) is 42.2 Å². The van der Waals surface area contributed by atoms with Gasteiger partial charge >= 0.3 is 5.97 Å². The lowest BCUT2D eigenvalue weighted by atomic mass is 10.0. The Morgan fingerprint density at radius 2 is 1.64 bits per heavy atom. The van der Waals surface area contributed by atoms with Crippen molar-refractivity contribution < 1.29 is 19.5 Å². The minimum absolute atomic E-state index is 0.0687. The van der Waals surface area contributed by atoms with E-state index in [1.54, 1.807) is 30.3 Å². The second-order valence-corrected chi connectivity index (χ2v) is 5.19. The molecule has 5 heteroatoms. The normalized spacial score (nSPS) is 13.4. The summed E-state index contributed by atoms with van der Waals surface area (Å²) in [6.07, 6.45) is 0. The van der Waals surface area contributed by atoms with Crippen molar-refractivity contribution in [1.82, 2.24) is 4.90 Å².